The van der Waals surface area contributed by atoms with E-state index in [-0.39, 0.29) is 5.91 Å². The number of hydrogen-bond donors (Lipinski definition) is 2. The zero-order valence-corrected chi connectivity index (χ0v) is 12.6. The molecule has 1 amide bonds. The molecule has 112 valence electrons. The summed E-state index contributed by atoms with van der Waals surface area (Å²) in [4.78, 5) is 12.0. The van der Waals surface area contributed by atoms with Crippen LogP contribution in [0.1, 0.15) is 37.3 Å². The van der Waals surface area contributed by atoms with Crippen molar-refractivity contribution in [3.05, 3.63) is 35.4 Å². The molecule has 2 unspecified atom stereocenters. The van der Waals surface area contributed by atoms with Crippen LogP contribution in [0.3, 0.4) is 0 Å². The van der Waals surface area contributed by atoms with Crippen LogP contribution in [0.4, 0.5) is 0 Å². The van der Waals surface area contributed by atoms with E-state index in [2.05, 4.69) is 23.6 Å². The maximum Gasteiger partial charge on any atom is 0.220 e. The normalized spacial score (nSPS) is 19.5. The van der Waals surface area contributed by atoms with Crippen molar-refractivity contribution in [2.24, 2.45) is 11.8 Å². The lowest BCUT2D eigenvalue weighted by Crippen LogP contribution is -2.35. The van der Waals surface area contributed by atoms with Gasteiger partial charge in [-0.1, -0.05) is 19.1 Å². The summed E-state index contributed by atoms with van der Waals surface area (Å²) in [5.41, 5.74) is 1.60. The van der Waals surface area contributed by atoms with Crippen LogP contribution in [-0.4, -0.2) is 19.0 Å². The summed E-state index contributed by atoms with van der Waals surface area (Å²) in [6.45, 7) is 4.78. The fourth-order valence-electron chi connectivity index (χ4n) is 2.85. The Morgan fingerprint density at radius 1 is 1.57 bits per heavy atom. The molecule has 4 heteroatoms. The van der Waals surface area contributed by atoms with E-state index in [1.54, 1.807) is 6.07 Å². The number of nitriles is 1. The fraction of sp³-hybridized carbons (Fsp3) is 0.529. The number of carbonyl (C=O) groups excluding carboxylic acids is 1. The molecule has 1 aliphatic rings. The van der Waals surface area contributed by atoms with Crippen molar-refractivity contribution in [3.8, 4) is 6.07 Å². The number of piperidine rings is 1. The lowest BCUT2D eigenvalue weighted by atomic mass is 9.85. The van der Waals surface area contributed by atoms with Crippen molar-refractivity contribution in [2.45, 2.75) is 32.7 Å². The Hall–Kier alpha value is -1.86. The second-order valence-electron chi connectivity index (χ2n) is 5.88. The highest BCUT2D eigenvalue weighted by atomic mass is 16.1. The van der Waals surface area contributed by atoms with E-state index in [0.29, 0.717) is 30.4 Å². The first-order valence-electron chi connectivity index (χ1n) is 7.65. The molecule has 1 aromatic carbocycles. The molecule has 4 nitrogen and oxygen atoms in total. The van der Waals surface area contributed by atoms with Gasteiger partial charge in [-0.05, 0) is 55.5 Å². The molecule has 21 heavy (non-hydrogen) atoms. The summed E-state index contributed by atoms with van der Waals surface area (Å²) in [6.07, 6.45) is 2.99. The SMILES string of the molecule is CC(CC(=O)NCc1cccc(C#N)c1)C1CCCNC1. The average molecular weight is 285 g/mol. The Balaban J connectivity index is 1.77. The van der Waals surface area contributed by atoms with Crippen molar-refractivity contribution in [2.75, 3.05) is 13.1 Å². The molecule has 0 aromatic heterocycles. The first-order chi connectivity index (χ1) is 10.2. The first kappa shape index (κ1) is 15.5. The minimum Gasteiger partial charge on any atom is -0.352 e. The topological polar surface area (TPSA) is 64.9 Å². The van der Waals surface area contributed by atoms with Gasteiger partial charge in [0.15, 0.2) is 0 Å². The third-order valence-corrected chi connectivity index (χ3v) is 4.19. The van der Waals surface area contributed by atoms with E-state index < -0.39 is 0 Å². The zero-order chi connectivity index (χ0) is 15.1. The lowest BCUT2D eigenvalue weighted by molar-refractivity contribution is -0.122. The molecule has 1 saturated heterocycles. The van der Waals surface area contributed by atoms with Crippen LogP contribution in [0.5, 0.6) is 0 Å². The van der Waals surface area contributed by atoms with Gasteiger partial charge in [0.2, 0.25) is 5.91 Å². The standard InChI is InChI=1S/C17H23N3O/c1-13(16-6-3-7-19-12-16)8-17(21)20-11-15-5-2-4-14(9-15)10-18/h2,4-5,9,13,16,19H,3,6-8,11-12H2,1H3,(H,20,21). The van der Waals surface area contributed by atoms with E-state index in [9.17, 15) is 4.79 Å². The van der Waals surface area contributed by atoms with Crippen molar-refractivity contribution in [1.82, 2.24) is 10.6 Å². The molecule has 2 rings (SSSR count). The minimum atomic E-state index is 0.0930. The summed E-state index contributed by atoms with van der Waals surface area (Å²) in [7, 11) is 0. The molecule has 1 heterocycles. The van der Waals surface area contributed by atoms with Crippen molar-refractivity contribution < 1.29 is 4.79 Å². The predicted molar refractivity (Wildman–Crippen MR) is 82.4 cm³/mol. The van der Waals surface area contributed by atoms with Crippen LogP contribution < -0.4 is 10.6 Å². The van der Waals surface area contributed by atoms with E-state index in [1.165, 1.54) is 12.8 Å². The second kappa shape index (κ2) is 7.80. The highest BCUT2D eigenvalue weighted by Gasteiger charge is 2.21. The highest BCUT2D eigenvalue weighted by Crippen LogP contribution is 2.22. The van der Waals surface area contributed by atoms with Gasteiger partial charge < -0.3 is 10.6 Å². The van der Waals surface area contributed by atoms with Crippen molar-refractivity contribution >= 4 is 5.91 Å². The maximum atomic E-state index is 12.0. The van der Waals surface area contributed by atoms with Gasteiger partial charge in [-0.15, -0.1) is 0 Å². The van der Waals surface area contributed by atoms with Crippen LogP contribution in [0.2, 0.25) is 0 Å². The predicted octanol–water partition coefficient (Wildman–Crippen LogP) is 2.20. The molecule has 1 fully saturated rings. The van der Waals surface area contributed by atoms with Gasteiger partial charge in [-0.25, -0.2) is 0 Å². The summed E-state index contributed by atoms with van der Waals surface area (Å²) in [5.74, 6) is 1.10. The number of carbonyl (C=O) groups is 1. The van der Waals surface area contributed by atoms with E-state index in [1.807, 2.05) is 18.2 Å². The van der Waals surface area contributed by atoms with Gasteiger partial charge in [0.25, 0.3) is 0 Å². The number of amides is 1. The van der Waals surface area contributed by atoms with Crippen LogP contribution in [0.25, 0.3) is 0 Å². The number of benzene rings is 1. The summed E-state index contributed by atoms with van der Waals surface area (Å²) >= 11 is 0. The maximum absolute atomic E-state index is 12.0. The number of nitrogens with zero attached hydrogens (tertiary/aromatic N) is 1. The Bertz CT molecular complexity index is 515. The molecule has 1 aromatic rings. The van der Waals surface area contributed by atoms with Crippen LogP contribution in [0, 0.1) is 23.2 Å². The largest absolute Gasteiger partial charge is 0.352 e. The molecular weight excluding hydrogens is 262 g/mol. The van der Waals surface area contributed by atoms with Gasteiger partial charge >= 0.3 is 0 Å². The van der Waals surface area contributed by atoms with Crippen molar-refractivity contribution in [3.63, 3.8) is 0 Å². The van der Waals surface area contributed by atoms with Gasteiger partial charge in [0.1, 0.15) is 0 Å². The second-order valence-corrected chi connectivity index (χ2v) is 5.88. The molecule has 0 bridgehead atoms. The molecule has 2 atom stereocenters. The third kappa shape index (κ3) is 4.87. The summed E-state index contributed by atoms with van der Waals surface area (Å²) < 4.78 is 0. The van der Waals surface area contributed by atoms with Crippen LogP contribution >= 0.6 is 0 Å². The van der Waals surface area contributed by atoms with Crippen LogP contribution in [0.15, 0.2) is 24.3 Å². The fourth-order valence-corrected chi connectivity index (χ4v) is 2.85. The molecule has 0 saturated carbocycles. The average Bonchev–Trinajstić information content (AvgIpc) is 2.54. The van der Waals surface area contributed by atoms with Crippen molar-refractivity contribution in [1.29, 1.82) is 5.26 Å². The summed E-state index contributed by atoms with van der Waals surface area (Å²) in [6, 6.07) is 9.46. The molecule has 0 radical (unpaired) electrons. The highest BCUT2D eigenvalue weighted by molar-refractivity contribution is 5.76. The van der Waals surface area contributed by atoms with Gasteiger partial charge in [0, 0.05) is 13.0 Å². The number of nitrogens with one attached hydrogen (secondary N) is 2. The van der Waals surface area contributed by atoms with Gasteiger partial charge in [0.05, 0.1) is 11.6 Å². The Labute approximate surface area is 126 Å². The first-order valence-corrected chi connectivity index (χ1v) is 7.65. The molecule has 1 aliphatic heterocycles. The third-order valence-electron chi connectivity index (χ3n) is 4.19. The zero-order valence-electron chi connectivity index (χ0n) is 12.6. The van der Waals surface area contributed by atoms with E-state index >= 15 is 0 Å². The van der Waals surface area contributed by atoms with E-state index in [0.717, 1.165) is 18.7 Å². The van der Waals surface area contributed by atoms with Crippen LogP contribution in [-0.2, 0) is 11.3 Å². The van der Waals surface area contributed by atoms with Gasteiger partial charge in [-0.2, -0.15) is 5.26 Å². The van der Waals surface area contributed by atoms with E-state index in [4.69, 9.17) is 5.26 Å². The molecular formula is C17H23N3O. The monoisotopic (exact) mass is 285 g/mol. The van der Waals surface area contributed by atoms with Gasteiger partial charge in [-0.3, -0.25) is 4.79 Å². The Morgan fingerprint density at radius 2 is 2.43 bits per heavy atom. The molecule has 2 N–H and O–H groups in total. The smallest absolute Gasteiger partial charge is 0.220 e. The Morgan fingerprint density at radius 3 is 3.14 bits per heavy atom. The Kier molecular flexibility index (Phi) is 5.77. The number of hydrogen-bond acceptors (Lipinski definition) is 3. The lowest BCUT2D eigenvalue weighted by Gasteiger charge is -2.28. The molecule has 0 aliphatic carbocycles. The quantitative estimate of drug-likeness (QED) is 0.871. The number of rotatable bonds is 5. The minimum absolute atomic E-state index is 0.0930. The molecule has 0 spiro atoms. The summed E-state index contributed by atoms with van der Waals surface area (Å²) in [5, 5.41) is 15.2.